The summed E-state index contributed by atoms with van der Waals surface area (Å²) >= 11 is 0. The van der Waals surface area contributed by atoms with Gasteiger partial charge in [0.15, 0.2) is 6.29 Å². The van der Waals surface area contributed by atoms with Crippen molar-refractivity contribution in [2.75, 3.05) is 0 Å². The zero-order valence-corrected chi connectivity index (χ0v) is 15.8. The Morgan fingerprint density at radius 1 is 1.28 bits per heavy atom. The number of aliphatic hydroxyl groups excluding tert-OH is 2. The molecule has 1 aliphatic carbocycles. The highest BCUT2D eigenvalue weighted by atomic mass is 16.7. The molecule has 144 valence electrons. The monoisotopic (exact) mass is 356 g/mol. The average molecular weight is 356 g/mol. The highest BCUT2D eigenvalue weighted by Crippen LogP contribution is 2.33. The maximum Gasteiger partial charge on any atom is 0.313 e. The Bertz CT molecular complexity index is 483. The molecule has 0 aromatic heterocycles. The van der Waals surface area contributed by atoms with Crippen molar-refractivity contribution in [1.29, 1.82) is 0 Å². The summed E-state index contributed by atoms with van der Waals surface area (Å²) in [6, 6.07) is 0. The van der Waals surface area contributed by atoms with Gasteiger partial charge < -0.3 is 24.4 Å². The fourth-order valence-electron chi connectivity index (χ4n) is 3.07. The van der Waals surface area contributed by atoms with E-state index in [2.05, 4.69) is 0 Å². The van der Waals surface area contributed by atoms with Crippen LogP contribution >= 0.6 is 0 Å². The van der Waals surface area contributed by atoms with Crippen molar-refractivity contribution < 1.29 is 29.2 Å². The highest BCUT2D eigenvalue weighted by Gasteiger charge is 2.37. The van der Waals surface area contributed by atoms with Gasteiger partial charge in [-0.15, -0.1) is 0 Å². The van der Waals surface area contributed by atoms with E-state index in [1.54, 1.807) is 6.92 Å². The Morgan fingerprint density at radius 2 is 1.96 bits per heavy atom. The van der Waals surface area contributed by atoms with Crippen LogP contribution in [0.2, 0.25) is 0 Å². The van der Waals surface area contributed by atoms with Crippen molar-refractivity contribution in [2.24, 2.45) is 11.8 Å². The van der Waals surface area contributed by atoms with Gasteiger partial charge in [-0.2, -0.15) is 0 Å². The van der Waals surface area contributed by atoms with Crippen LogP contribution in [0.3, 0.4) is 0 Å². The topological polar surface area (TPSA) is 85.2 Å². The van der Waals surface area contributed by atoms with E-state index < -0.39 is 24.1 Å². The minimum absolute atomic E-state index is 0.115. The van der Waals surface area contributed by atoms with Crippen molar-refractivity contribution in [3.8, 4) is 0 Å². The minimum Gasteiger partial charge on any atom is -0.459 e. The lowest BCUT2D eigenvalue weighted by atomic mass is 9.78. The van der Waals surface area contributed by atoms with Crippen LogP contribution in [0.5, 0.6) is 0 Å². The molecule has 0 amide bonds. The molecule has 2 rings (SSSR count). The van der Waals surface area contributed by atoms with E-state index in [1.165, 1.54) is 0 Å². The summed E-state index contributed by atoms with van der Waals surface area (Å²) in [5.74, 6) is -0.195. The fraction of sp³-hybridized carbons (Fsp3) is 0.842. The highest BCUT2D eigenvalue weighted by molar-refractivity contribution is 5.77. The van der Waals surface area contributed by atoms with E-state index in [1.807, 2.05) is 39.8 Å². The smallest absolute Gasteiger partial charge is 0.313 e. The van der Waals surface area contributed by atoms with Gasteiger partial charge >= 0.3 is 5.97 Å². The lowest BCUT2D eigenvalue weighted by Gasteiger charge is -2.37. The second-order valence-electron chi connectivity index (χ2n) is 8.21. The molecule has 25 heavy (non-hydrogen) atoms. The molecule has 6 nitrogen and oxygen atoms in total. The number of hydrogen-bond acceptors (Lipinski definition) is 6. The molecular formula is C19H32O6. The van der Waals surface area contributed by atoms with Gasteiger partial charge in [-0.1, -0.05) is 12.2 Å². The molecule has 0 aromatic rings. The molecule has 2 aliphatic rings. The lowest BCUT2D eigenvalue weighted by molar-refractivity contribution is -0.273. The molecule has 1 heterocycles. The second kappa shape index (κ2) is 8.16. The second-order valence-corrected chi connectivity index (χ2v) is 8.21. The molecule has 0 saturated carbocycles. The van der Waals surface area contributed by atoms with Crippen molar-refractivity contribution in [3.63, 3.8) is 0 Å². The third-order valence-electron chi connectivity index (χ3n) is 4.67. The number of aliphatic hydroxyl groups is 2. The van der Waals surface area contributed by atoms with Gasteiger partial charge in [-0.25, -0.2) is 0 Å². The van der Waals surface area contributed by atoms with Crippen molar-refractivity contribution in [1.82, 2.24) is 0 Å². The molecule has 0 spiro atoms. The number of esters is 1. The third-order valence-corrected chi connectivity index (χ3v) is 4.67. The van der Waals surface area contributed by atoms with E-state index in [9.17, 15) is 15.0 Å². The number of rotatable bonds is 6. The molecule has 0 radical (unpaired) electrons. The van der Waals surface area contributed by atoms with Gasteiger partial charge in [0.2, 0.25) is 0 Å². The van der Waals surface area contributed by atoms with Gasteiger partial charge in [-0.05, 0) is 53.4 Å². The molecular weight excluding hydrogens is 324 g/mol. The Balaban J connectivity index is 1.74. The van der Waals surface area contributed by atoms with E-state index >= 15 is 0 Å². The quantitative estimate of drug-likeness (QED) is 0.560. The maximum absolute atomic E-state index is 12.1. The number of ether oxygens (including phenoxy) is 3. The zero-order chi connectivity index (χ0) is 18.8. The van der Waals surface area contributed by atoms with E-state index in [0.29, 0.717) is 0 Å². The standard InChI is InChI=1S/C19H32O6/c1-11(23-18-16(21)10-15(20)12(2)24-18)6-7-13-8-9-14(13)17(22)25-19(3,4)5/h8-9,11-16,18,20-21H,6-7,10H2,1-5H3/t11-,12+,13+,14+,15-,16-,18-/m1/s1. The van der Waals surface area contributed by atoms with Crippen LogP contribution in [-0.4, -0.2) is 52.5 Å². The predicted octanol–water partition coefficient (Wildman–Crippen LogP) is 2.17. The summed E-state index contributed by atoms with van der Waals surface area (Å²) in [5, 5.41) is 19.7. The normalized spacial score (nSPS) is 36.6. The number of carbonyl (C=O) groups excluding carboxylic acids is 1. The van der Waals surface area contributed by atoms with Crippen LogP contribution in [0.15, 0.2) is 12.2 Å². The number of allylic oxidation sites excluding steroid dienone is 1. The first kappa shape index (κ1) is 20.4. The predicted molar refractivity (Wildman–Crippen MR) is 92.7 cm³/mol. The van der Waals surface area contributed by atoms with Crippen molar-refractivity contribution in [2.45, 2.75) is 90.2 Å². The summed E-state index contributed by atoms with van der Waals surface area (Å²) in [6.07, 6.45) is 3.05. The first-order chi connectivity index (χ1) is 11.6. The van der Waals surface area contributed by atoms with E-state index in [-0.39, 0.29) is 36.4 Å². The molecule has 0 aromatic carbocycles. The molecule has 1 saturated heterocycles. The summed E-state index contributed by atoms with van der Waals surface area (Å²) < 4.78 is 16.8. The van der Waals surface area contributed by atoms with Gasteiger partial charge in [0.1, 0.15) is 11.7 Å². The third kappa shape index (κ3) is 5.78. The van der Waals surface area contributed by atoms with Gasteiger partial charge in [0.05, 0.1) is 24.2 Å². The first-order valence-corrected chi connectivity index (χ1v) is 9.15. The van der Waals surface area contributed by atoms with Crippen molar-refractivity contribution in [3.05, 3.63) is 12.2 Å². The molecule has 1 fully saturated rings. The summed E-state index contributed by atoms with van der Waals surface area (Å²) in [4.78, 5) is 12.1. The van der Waals surface area contributed by atoms with Gasteiger partial charge in [-0.3, -0.25) is 4.79 Å². The van der Waals surface area contributed by atoms with Crippen LogP contribution in [0.1, 0.15) is 53.9 Å². The van der Waals surface area contributed by atoms with Crippen LogP contribution < -0.4 is 0 Å². The molecule has 7 atom stereocenters. The SMILES string of the molecule is C[C@H](CC[C@H]1C=C[C@@H]1C(=O)OC(C)(C)C)O[C@@H]1O[C@@H](C)[C@H](O)C[C@H]1O. The molecule has 0 bridgehead atoms. The molecule has 6 heteroatoms. The molecule has 0 unspecified atom stereocenters. The summed E-state index contributed by atoms with van der Waals surface area (Å²) in [7, 11) is 0. The van der Waals surface area contributed by atoms with Crippen LogP contribution in [0.4, 0.5) is 0 Å². The summed E-state index contributed by atoms with van der Waals surface area (Å²) in [5.41, 5.74) is -0.475. The van der Waals surface area contributed by atoms with Crippen molar-refractivity contribution >= 4 is 5.97 Å². The van der Waals surface area contributed by atoms with Crippen LogP contribution in [-0.2, 0) is 19.0 Å². The number of hydrogen-bond donors (Lipinski definition) is 2. The van der Waals surface area contributed by atoms with Crippen LogP contribution in [0, 0.1) is 11.8 Å². The Morgan fingerprint density at radius 3 is 2.52 bits per heavy atom. The van der Waals surface area contributed by atoms with Gasteiger partial charge in [0.25, 0.3) is 0 Å². The summed E-state index contributed by atoms with van der Waals surface area (Å²) in [6.45, 7) is 9.29. The average Bonchev–Trinajstić information content (AvgIpc) is 2.41. The molecule has 2 N–H and O–H groups in total. The van der Waals surface area contributed by atoms with Gasteiger partial charge in [0, 0.05) is 6.42 Å². The molecule has 1 aliphatic heterocycles. The first-order valence-electron chi connectivity index (χ1n) is 9.15. The Labute approximate surface area is 150 Å². The Hall–Kier alpha value is -0.950. The fourth-order valence-corrected chi connectivity index (χ4v) is 3.07. The maximum atomic E-state index is 12.1. The lowest BCUT2D eigenvalue weighted by Crippen LogP contribution is -2.48. The van der Waals surface area contributed by atoms with E-state index in [0.717, 1.165) is 12.8 Å². The van der Waals surface area contributed by atoms with Crippen LogP contribution in [0.25, 0.3) is 0 Å². The largest absolute Gasteiger partial charge is 0.459 e. The minimum atomic E-state index is -0.827. The number of carbonyl (C=O) groups is 1. The Kier molecular flexibility index (Phi) is 6.65. The zero-order valence-electron chi connectivity index (χ0n) is 15.8. The van der Waals surface area contributed by atoms with E-state index in [4.69, 9.17) is 14.2 Å².